The van der Waals surface area contributed by atoms with Crippen molar-refractivity contribution in [2.24, 2.45) is 0 Å². The van der Waals surface area contributed by atoms with Crippen molar-refractivity contribution in [3.63, 3.8) is 0 Å². The fourth-order valence-corrected chi connectivity index (χ4v) is 3.00. The van der Waals surface area contributed by atoms with Crippen molar-refractivity contribution >= 4 is 0 Å². The summed E-state index contributed by atoms with van der Waals surface area (Å²) in [7, 11) is 2.02. The molecule has 110 valence electrons. The average molecular weight is 279 g/mol. The Balaban J connectivity index is 1.77. The summed E-state index contributed by atoms with van der Waals surface area (Å²) in [4.78, 5) is 0. The summed E-state index contributed by atoms with van der Waals surface area (Å²) in [5.41, 5.74) is 5.60. The summed E-state index contributed by atoms with van der Waals surface area (Å²) < 4.78 is 0. The summed E-state index contributed by atoms with van der Waals surface area (Å²) in [6.07, 6.45) is 5.21. The lowest BCUT2D eigenvalue weighted by Gasteiger charge is -2.26. The average Bonchev–Trinajstić information content (AvgIpc) is 2.46. The molecule has 1 atom stereocenters. The monoisotopic (exact) mass is 279 g/mol. The zero-order chi connectivity index (χ0) is 14.7. The zero-order valence-corrected chi connectivity index (χ0v) is 13.1. The Hall–Kier alpha value is -1.60. The van der Waals surface area contributed by atoms with Crippen LogP contribution >= 0.6 is 0 Å². The third-order valence-electron chi connectivity index (χ3n) is 4.79. The molecule has 0 heterocycles. The molecule has 21 heavy (non-hydrogen) atoms. The van der Waals surface area contributed by atoms with Gasteiger partial charge in [0.2, 0.25) is 0 Å². The fourth-order valence-electron chi connectivity index (χ4n) is 3.00. The van der Waals surface area contributed by atoms with E-state index in [2.05, 4.69) is 60.8 Å². The summed E-state index contributed by atoms with van der Waals surface area (Å²) in [6.45, 7) is 2.22. The molecule has 1 heteroatoms. The van der Waals surface area contributed by atoms with Crippen molar-refractivity contribution in [3.05, 3.63) is 59.7 Å². The maximum atomic E-state index is 3.29. The molecule has 1 saturated carbocycles. The van der Waals surface area contributed by atoms with Crippen LogP contribution in [0.3, 0.4) is 0 Å². The first-order valence-corrected chi connectivity index (χ1v) is 8.13. The molecule has 0 radical (unpaired) electrons. The van der Waals surface area contributed by atoms with Crippen molar-refractivity contribution in [1.29, 1.82) is 0 Å². The number of nitrogens with one attached hydrogen (secondary N) is 1. The number of hydrogen-bond donors (Lipinski definition) is 1. The topological polar surface area (TPSA) is 12.0 Å². The summed E-state index contributed by atoms with van der Waals surface area (Å²) in [5, 5.41) is 3.29. The molecule has 2 aromatic carbocycles. The molecular weight excluding hydrogens is 254 g/mol. The Bertz CT molecular complexity index is 581. The number of benzene rings is 2. The van der Waals surface area contributed by atoms with Gasteiger partial charge in [-0.2, -0.15) is 0 Å². The van der Waals surface area contributed by atoms with E-state index >= 15 is 0 Å². The van der Waals surface area contributed by atoms with Gasteiger partial charge >= 0.3 is 0 Å². The first-order valence-electron chi connectivity index (χ1n) is 8.13. The molecule has 0 spiro atoms. The normalized spacial score (nSPS) is 16.5. The van der Waals surface area contributed by atoms with Gasteiger partial charge in [0.1, 0.15) is 0 Å². The van der Waals surface area contributed by atoms with Crippen LogP contribution in [0, 0.1) is 0 Å². The van der Waals surface area contributed by atoms with Gasteiger partial charge in [0, 0.05) is 6.04 Å². The molecule has 2 aromatic rings. The first-order chi connectivity index (χ1) is 10.3. The van der Waals surface area contributed by atoms with Crippen LogP contribution in [0.25, 0.3) is 11.1 Å². The van der Waals surface area contributed by atoms with Crippen molar-refractivity contribution in [3.8, 4) is 11.1 Å². The van der Waals surface area contributed by atoms with Gasteiger partial charge in [0.05, 0.1) is 0 Å². The minimum Gasteiger partial charge on any atom is -0.317 e. The molecule has 3 rings (SSSR count). The fraction of sp³-hybridized carbons (Fsp3) is 0.400. The molecule has 1 aliphatic rings. The third kappa shape index (κ3) is 3.36. The molecule has 1 fully saturated rings. The van der Waals surface area contributed by atoms with Crippen LogP contribution in [0.2, 0.25) is 0 Å². The summed E-state index contributed by atoms with van der Waals surface area (Å²) in [6, 6.07) is 18.7. The Morgan fingerprint density at radius 3 is 2.43 bits per heavy atom. The lowest BCUT2D eigenvalue weighted by Crippen LogP contribution is -2.23. The molecule has 1 unspecified atom stereocenters. The highest BCUT2D eigenvalue weighted by atomic mass is 14.8. The van der Waals surface area contributed by atoms with Gasteiger partial charge in [-0.1, -0.05) is 55.0 Å². The van der Waals surface area contributed by atoms with Gasteiger partial charge in [0.15, 0.2) is 0 Å². The lowest BCUT2D eigenvalue weighted by atomic mass is 9.79. The van der Waals surface area contributed by atoms with E-state index in [0.717, 1.165) is 12.3 Å². The Labute approximate surface area is 128 Å². The maximum Gasteiger partial charge on any atom is 0.00761 e. The van der Waals surface area contributed by atoms with E-state index in [-0.39, 0.29) is 0 Å². The van der Waals surface area contributed by atoms with Crippen LogP contribution in [0.15, 0.2) is 48.5 Å². The van der Waals surface area contributed by atoms with Gasteiger partial charge in [-0.05, 0) is 61.4 Å². The molecule has 1 nitrogen and oxygen atoms in total. The molecule has 0 saturated heterocycles. The Morgan fingerprint density at radius 1 is 1.05 bits per heavy atom. The van der Waals surface area contributed by atoms with Crippen molar-refractivity contribution in [2.45, 2.75) is 44.6 Å². The van der Waals surface area contributed by atoms with Crippen molar-refractivity contribution < 1.29 is 0 Å². The second-order valence-electron chi connectivity index (χ2n) is 6.34. The van der Waals surface area contributed by atoms with E-state index in [4.69, 9.17) is 0 Å². The van der Waals surface area contributed by atoms with Crippen LogP contribution < -0.4 is 5.32 Å². The molecule has 0 aromatic heterocycles. The zero-order valence-electron chi connectivity index (χ0n) is 13.1. The summed E-state index contributed by atoms with van der Waals surface area (Å²) in [5.74, 6) is 0.806. The van der Waals surface area contributed by atoms with E-state index in [9.17, 15) is 0 Å². The van der Waals surface area contributed by atoms with Gasteiger partial charge in [-0.15, -0.1) is 0 Å². The number of likely N-dealkylation sites (N-methyl/N-ethyl adjacent to an activating group) is 1. The highest BCUT2D eigenvalue weighted by Crippen LogP contribution is 2.37. The highest BCUT2D eigenvalue weighted by Gasteiger charge is 2.19. The van der Waals surface area contributed by atoms with Crippen molar-refractivity contribution in [1.82, 2.24) is 5.32 Å². The van der Waals surface area contributed by atoms with E-state index in [1.165, 1.54) is 41.5 Å². The Morgan fingerprint density at radius 2 is 1.81 bits per heavy atom. The van der Waals surface area contributed by atoms with Crippen molar-refractivity contribution in [2.75, 3.05) is 7.05 Å². The number of rotatable bonds is 5. The number of hydrogen-bond acceptors (Lipinski definition) is 1. The minimum absolute atomic E-state index is 0.526. The van der Waals surface area contributed by atoms with Gasteiger partial charge in [-0.25, -0.2) is 0 Å². The lowest BCUT2D eigenvalue weighted by molar-refractivity contribution is 0.420. The predicted molar refractivity (Wildman–Crippen MR) is 90.7 cm³/mol. The SMILES string of the molecule is CNC(C)Cc1ccc(-c2cccc(C3CCC3)c2)cc1. The van der Waals surface area contributed by atoms with E-state index < -0.39 is 0 Å². The van der Waals surface area contributed by atoms with Crippen LogP contribution in [0.1, 0.15) is 43.2 Å². The Kier molecular flexibility index (Phi) is 4.40. The quantitative estimate of drug-likeness (QED) is 0.831. The molecule has 1 aliphatic carbocycles. The third-order valence-corrected chi connectivity index (χ3v) is 4.79. The molecule has 1 N–H and O–H groups in total. The molecule has 0 bridgehead atoms. The predicted octanol–water partition coefficient (Wildman–Crippen LogP) is 4.77. The van der Waals surface area contributed by atoms with Crippen LogP contribution in [0.5, 0.6) is 0 Å². The molecule has 0 amide bonds. The van der Waals surface area contributed by atoms with Gasteiger partial charge in [0.25, 0.3) is 0 Å². The second-order valence-corrected chi connectivity index (χ2v) is 6.34. The van der Waals surface area contributed by atoms with E-state index in [0.29, 0.717) is 6.04 Å². The molecular formula is C20H25N. The van der Waals surface area contributed by atoms with Crippen LogP contribution in [-0.2, 0) is 6.42 Å². The van der Waals surface area contributed by atoms with Gasteiger partial charge in [-0.3, -0.25) is 0 Å². The smallest absolute Gasteiger partial charge is 0.00761 e. The van der Waals surface area contributed by atoms with E-state index in [1.54, 1.807) is 0 Å². The summed E-state index contributed by atoms with van der Waals surface area (Å²) >= 11 is 0. The molecule has 0 aliphatic heterocycles. The van der Waals surface area contributed by atoms with Crippen LogP contribution in [-0.4, -0.2) is 13.1 Å². The van der Waals surface area contributed by atoms with Gasteiger partial charge < -0.3 is 5.32 Å². The second kappa shape index (κ2) is 6.44. The first kappa shape index (κ1) is 14.3. The largest absolute Gasteiger partial charge is 0.317 e. The van der Waals surface area contributed by atoms with E-state index in [1.807, 2.05) is 7.05 Å². The standard InChI is InChI=1S/C20H25N/c1-15(21-2)13-16-9-11-18(12-10-16)20-8-4-7-19(14-20)17-5-3-6-17/h4,7-12,14-15,17,21H,3,5-6,13H2,1-2H3. The highest BCUT2D eigenvalue weighted by molar-refractivity contribution is 5.64. The van der Waals surface area contributed by atoms with Crippen LogP contribution in [0.4, 0.5) is 0 Å². The minimum atomic E-state index is 0.526. The maximum absolute atomic E-state index is 3.29.